The fourth-order valence-corrected chi connectivity index (χ4v) is 3.22. The third kappa shape index (κ3) is 2.96. The molecule has 4 heteroatoms. The summed E-state index contributed by atoms with van der Waals surface area (Å²) in [5.74, 6) is 0.851. The van der Waals surface area contributed by atoms with Crippen molar-refractivity contribution in [1.29, 1.82) is 0 Å². The van der Waals surface area contributed by atoms with Gasteiger partial charge in [0.05, 0.1) is 0 Å². The number of anilines is 1. The van der Waals surface area contributed by atoms with Gasteiger partial charge in [-0.05, 0) is 43.0 Å². The molecule has 2 aromatic rings. The molecule has 0 aliphatic carbocycles. The molecule has 0 saturated carbocycles. The Bertz CT molecular complexity index is 684. The Labute approximate surface area is 131 Å². The van der Waals surface area contributed by atoms with Gasteiger partial charge >= 0.3 is 0 Å². The van der Waals surface area contributed by atoms with Crippen molar-refractivity contribution in [2.45, 2.75) is 25.7 Å². The number of nitrogen functional groups attached to an aromatic ring is 1. The van der Waals surface area contributed by atoms with Gasteiger partial charge in [0, 0.05) is 30.8 Å². The van der Waals surface area contributed by atoms with Gasteiger partial charge < -0.3 is 10.6 Å². The van der Waals surface area contributed by atoms with Gasteiger partial charge in [0.2, 0.25) is 0 Å². The normalized spacial score (nSPS) is 18.2. The first-order chi connectivity index (χ1) is 10.6. The van der Waals surface area contributed by atoms with Crippen LogP contribution in [0.15, 0.2) is 42.6 Å². The molecule has 2 heterocycles. The number of nitrogens with two attached hydrogens (primary N) is 1. The van der Waals surface area contributed by atoms with E-state index in [0.717, 1.165) is 25.9 Å². The zero-order valence-corrected chi connectivity index (χ0v) is 12.8. The Morgan fingerprint density at radius 1 is 1.32 bits per heavy atom. The predicted molar refractivity (Wildman–Crippen MR) is 87.7 cm³/mol. The standard InChI is InChI=1S/C18H21N3O/c1-13-5-2-3-7-16(13)15-6-4-10-21(12-15)18(22)14-8-9-20-17(19)11-14/h2-3,5,7-9,11,15H,4,6,10,12H2,1H3,(H2,19,20)/t15-/m1/s1. The number of pyridine rings is 1. The molecular formula is C18H21N3O. The van der Waals surface area contributed by atoms with Crippen LogP contribution in [-0.2, 0) is 0 Å². The first-order valence-electron chi connectivity index (χ1n) is 7.71. The lowest BCUT2D eigenvalue weighted by Crippen LogP contribution is -2.39. The summed E-state index contributed by atoms with van der Waals surface area (Å²) in [7, 11) is 0. The average Bonchev–Trinajstić information content (AvgIpc) is 2.55. The van der Waals surface area contributed by atoms with Gasteiger partial charge in [0.1, 0.15) is 5.82 Å². The van der Waals surface area contributed by atoms with Crippen LogP contribution >= 0.6 is 0 Å². The maximum absolute atomic E-state index is 12.7. The van der Waals surface area contributed by atoms with Crippen LogP contribution < -0.4 is 5.73 Å². The van der Waals surface area contributed by atoms with E-state index in [2.05, 4.69) is 36.2 Å². The Hall–Kier alpha value is -2.36. The van der Waals surface area contributed by atoms with Gasteiger partial charge in [-0.3, -0.25) is 4.79 Å². The van der Waals surface area contributed by atoms with E-state index in [1.165, 1.54) is 11.1 Å². The van der Waals surface area contributed by atoms with Crippen LogP contribution in [0.1, 0.15) is 40.2 Å². The van der Waals surface area contributed by atoms with Crippen LogP contribution in [0.5, 0.6) is 0 Å². The van der Waals surface area contributed by atoms with Crippen LogP contribution in [0.2, 0.25) is 0 Å². The van der Waals surface area contributed by atoms with Gasteiger partial charge in [-0.2, -0.15) is 0 Å². The number of amides is 1. The summed E-state index contributed by atoms with van der Waals surface area (Å²) in [5.41, 5.74) is 8.96. The van der Waals surface area contributed by atoms with E-state index in [1.54, 1.807) is 18.3 Å². The van der Waals surface area contributed by atoms with E-state index in [1.807, 2.05) is 4.90 Å². The van der Waals surface area contributed by atoms with Crippen molar-refractivity contribution in [2.24, 2.45) is 0 Å². The van der Waals surface area contributed by atoms with E-state index in [4.69, 9.17) is 5.73 Å². The van der Waals surface area contributed by atoms with E-state index in [-0.39, 0.29) is 5.91 Å². The van der Waals surface area contributed by atoms with Crippen molar-refractivity contribution in [3.05, 3.63) is 59.3 Å². The number of aryl methyl sites for hydroxylation is 1. The van der Waals surface area contributed by atoms with Crippen molar-refractivity contribution in [3.8, 4) is 0 Å². The highest BCUT2D eigenvalue weighted by Crippen LogP contribution is 2.29. The zero-order valence-electron chi connectivity index (χ0n) is 12.8. The lowest BCUT2D eigenvalue weighted by molar-refractivity contribution is 0.0707. The van der Waals surface area contributed by atoms with Gasteiger partial charge in [-0.15, -0.1) is 0 Å². The third-order valence-corrected chi connectivity index (χ3v) is 4.36. The summed E-state index contributed by atoms with van der Waals surface area (Å²) in [5, 5.41) is 0. The average molecular weight is 295 g/mol. The first-order valence-corrected chi connectivity index (χ1v) is 7.71. The molecule has 1 aromatic carbocycles. The number of carbonyl (C=O) groups excluding carboxylic acids is 1. The molecule has 0 bridgehead atoms. The number of rotatable bonds is 2. The molecule has 1 amide bonds. The fraction of sp³-hybridized carbons (Fsp3) is 0.333. The molecule has 1 aromatic heterocycles. The molecule has 4 nitrogen and oxygen atoms in total. The fourth-order valence-electron chi connectivity index (χ4n) is 3.22. The molecule has 2 N–H and O–H groups in total. The summed E-state index contributed by atoms with van der Waals surface area (Å²) in [6.45, 7) is 3.72. The Morgan fingerprint density at radius 3 is 2.91 bits per heavy atom. The molecule has 22 heavy (non-hydrogen) atoms. The summed E-state index contributed by atoms with van der Waals surface area (Å²) in [4.78, 5) is 18.5. The molecule has 1 atom stereocenters. The van der Waals surface area contributed by atoms with Crippen LogP contribution in [0, 0.1) is 6.92 Å². The summed E-state index contributed by atoms with van der Waals surface area (Å²) in [6.07, 6.45) is 3.75. The van der Waals surface area contributed by atoms with Gasteiger partial charge in [-0.1, -0.05) is 24.3 Å². The number of carbonyl (C=O) groups is 1. The monoisotopic (exact) mass is 295 g/mol. The van der Waals surface area contributed by atoms with Gasteiger partial charge in [-0.25, -0.2) is 4.98 Å². The van der Waals surface area contributed by atoms with Gasteiger partial charge in [0.25, 0.3) is 5.91 Å². The second-order valence-corrected chi connectivity index (χ2v) is 5.92. The minimum Gasteiger partial charge on any atom is -0.384 e. The number of nitrogens with zero attached hydrogens (tertiary/aromatic N) is 2. The van der Waals surface area contributed by atoms with Gasteiger partial charge in [0.15, 0.2) is 0 Å². The lowest BCUT2D eigenvalue weighted by Gasteiger charge is -2.33. The second-order valence-electron chi connectivity index (χ2n) is 5.92. The Balaban J connectivity index is 1.78. The van der Waals surface area contributed by atoms with Crippen molar-refractivity contribution in [2.75, 3.05) is 18.8 Å². The van der Waals surface area contributed by atoms with Crippen molar-refractivity contribution < 1.29 is 4.79 Å². The highest BCUT2D eigenvalue weighted by Gasteiger charge is 2.26. The molecular weight excluding hydrogens is 274 g/mol. The molecule has 1 aliphatic rings. The quantitative estimate of drug-likeness (QED) is 0.926. The van der Waals surface area contributed by atoms with Crippen LogP contribution in [0.25, 0.3) is 0 Å². The molecule has 0 unspecified atom stereocenters. The Morgan fingerprint density at radius 2 is 2.14 bits per heavy atom. The first kappa shape index (κ1) is 14.6. The minimum absolute atomic E-state index is 0.0485. The maximum Gasteiger partial charge on any atom is 0.254 e. The molecule has 0 spiro atoms. The van der Waals surface area contributed by atoms with Crippen molar-refractivity contribution in [3.63, 3.8) is 0 Å². The summed E-state index contributed by atoms with van der Waals surface area (Å²) < 4.78 is 0. The third-order valence-electron chi connectivity index (χ3n) is 4.36. The molecule has 3 rings (SSSR count). The molecule has 1 saturated heterocycles. The van der Waals surface area contributed by atoms with E-state index in [9.17, 15) is 4.79 Å². The molecule has 0 radical (unpaired) electrons. The minimum atomic E-state index is 0.0485. The van der Waals surface area contributed by atoms with Crippen LogP contribution in [0.3, 0.4) is 0 Å². The zero-order chi connectivity index (χ0) is 15.5. The number of piperidine rings is 1. The topological polar surface area (TPSA) is 59.2 Å². The van der Waals surface area contributed by atoms with Crippen LogP contribution in [-0.4, -0.2) is 28.9 Å². The maximum atomic E-state index is 12.7. The van der Waals surface area contributed by atoms with Crippen molar-refractivity contribution >= 4 is 11.7 Å². The summed E-state index contributed by atoms with van der Waals surface area (Å²) >= 11 is 0. The number of aromatic nitrogens is 1. The number of likely N-dealkylation sites (tertiary alicyclic amines) is 1. The van der Waals surface area contributed by atoms with E-state index < -0.39 is 0 Å². The molecule has 114 valence electrons. The lowest BCUT2D eigenvalue weighted by atomic mass is 9.88. The van der Waals surface area contributed by atoms with Crippen LogP contribution in [0.4, 0.5) is 5.82 Å². The Kier molecular flexibility index (Phi) is 4.09. The molecule has 1 aliphatic heterocycles. The van der Waals surface area contributed by atoms with E-state index in [0.29, 0.717) is 17.3 Å². The highest BCUT2D eigenvalue weighted by atomic mass is 16.2. The predicted octanol–water partition coefficient (Wildman–Crippen LogP) is 2.99. The van der Waals surface area contributed by atoms with Crippen molar-refractivity contribution in [1.82, 2.24) is 9.88 Å². The molecule has 1 fully saturated rings. The summed E-state index contributed by atoms with van der Waals surface area (Å²) in [6, 6.07) is 11.8. The number of hydrogen-bond acceptors (Lipinski definition) is 3. The smallest absolute Gasteiger partial charge is 0.254 e. The number of benzene rings is 1. The largest absolute Gasteiger partial charge is 0.384 e. The van der Waals surface area contributed by atoms with E-state index >= 15 is 0 Å². The second kappa shape index (κ2) is 6.18. The number of hydrogen-bond donors (Lipinski definition) is 1. The SMILES string of the molecule is Cc1ccccc1[C@@H]1CCCN(C(=O)c2ccnc(N)c2)C1. The highest BCUT2D eigenvalue weighted by molar-refractivity contribution is 5.94.